The lowest BCUT2D eigenvalue weighted by Crippen LogP contribution is -2.22. The van der Waals surface area contributed by atoms with Crippen LogP contribution in [0, 0.1) is 0 Å². The van der Waals surface area contributed by atoms with Gasteiger partial charge in [0.15, 0.2) is 0 Å². The van der Waals surface area contributed by atoms with Crippen molar-refractivity contribution in [1.82, 2.24) is 10.6 Å². The zero-order valence-electron chi connectivity index (χ0n) is 13.8. The third kappa shape index (κ3) is 4.34. The minimum absolute atomic E-state index is 0. The lowest BCUT2D eigenvalue weighted by atomic mass is 10.1. The number of carbonyl (C=O) groups excluding carboxylic acids is 1. The number of benzene rings is 2. The van der Waals surface area contributed by atoms with Crippen LogP contribution in [0.3, 0.4) is 0 Å². The van der Waals surface area contributed by atoms with Crippen LogP contribution >= 0.6 is 35.9 Å². The molecule has 25 heavy (non-hydrogen) atoms. The van der Waals surface area contributed by atoms with Crippen LogP contribution in [0.15, 0.2) is 42.5 Å². The van der Waals surface area contributed by atoms with Crippen molar-refractivity contribution in [2.45, 2.75) is 24.2 Å². The van der Waals surface area contributed by atoms with E-state index in [0.29, 0.717) is 11.1 Å². The van der Waals surface area contributed by atoms with Crippen molar-refractivity contribution < 1.29 is 4.79 Å². The van der Waals surface area contributed by atoms with E-state index >= 15 is 0 Å². The van der Waals surface area contributed by atoms with Crippen molar-refractivity contribution in [1.29, 1.82) is 0 Å². The van der Waals surface area contributed by atoms with Gasteiger partial charge in [-0.2, -0.15) is 0 Å². The number of hydrogen-bond acceptors (Lipinski definition) is 4. The molecule has 0 aromatic heterocycles. The summed E-state index contributed by atoms with van der Waals surface area (Å²) in [4.78, 5) is 12.4. The number of carbonyl (C=O) groups is 1. The highest BCUT2D eigenvalue weighted by molar-refractivity contribution is 8.19. The fourth-order valence-electron chi connectivity index (χ4n) is 3.08. The van der Waals surface area contributed by atoms with Crippen molar-refractivity contribution in [3.8, 4) is 0 Å². The molecule has 0 saturated carbocycles. The van der Waals surface area contributed by atoms with Crippen molar-refractivity contribution in [3.63, 3.8) is 0 Å². The molecule has 0 atom stereocenters. The van der Waals surface area contributed by atoms with E-state index in [9.17, 15) is 4.79 Å². The number of nitrogens with one attached hydrogen (secondary N) is 2. The lowest BCUT2D eigenvalue weighted by Gasteiger charge is -2.10. The second-order valence-corrected chi connectivity index (χ2v) is 8.81. The van der Waals surface area contributed by atoms with Crippen LogP contribution < -0.4 is 10.6 Å². The topological polar surface area (TPSA) is 41.1 Å². The smallest absolute Gasteiger partial charge is 0.251 e. The van der Waals surface area contributed by atoms with Gasteiger partial charge in [-0.3, -0.25) is 4.79 Å². The predicted octanol–water partition coefficient (Wildman–Crippen LogP) is 4.12. The van der Waals surface area contributed by atoms with E-state index in [1.165, 1.54) is 28.2 Å². The Kier molecular flexibility index (Phi) is 6.34. The molecule has 1 saturated heterocycles. The lowest BCUT2D eigenvalue weighted by molar-refractivity contribution is 0.0951. The Morgan fingerprint density at radius 1 is 1.04 bits per heavy atom. The van der Waals surface area contributed by atoms with E-state index in [2.05, 4.69) is 41.0 Å². The first-order chi connectivity index (χ1) is 11.8. The summed E-state index contributed by atoms with van der Waals surface area (Å²) in [5.41, 5.74) is 5.90. The van der Waals surface area contributed by atoms with Crippen LogP contribution in [0.5, 0.6) is 0 Å². The second kappa shape index (κ2) is 8.49. The van der Waals surface area contributed by atoms with Gasteiger partial charge >= 0.3 is 0 Å². The SMILES string of the molecule is Cl.O=C(NCc1ccc2c(c1)CNC2)c1ccc(C2SCCS2)cc1. The van der Waals surface area contributed by atoms with Crippen molar-refractivity contribution in [3.05, 3.63) is 70.3 Å². The van der Waals surface area contributed by atoms with E-state index in [4.69, 9.17) is 0 Å². The molecule has 1 fully saturated rings. The number of hydrogen-bond donors (Lipinski definition) is 2. The molecule has 2 aromatic rings. The standard InChI is InChI=1S/C19H20N2OS2.ClH/c22-18(14-3-5-15(6-4-14)19-23-7-8-24-19)21-10-13-1-2-16-11-20-12-17(16)9-13;/h1-6,9,19-20H,7-8,10-12H2,(H,21,22);1H. The van der Waals surface area contributed by atoms with Crippen molar-refractivity contribution >= 4 is 41.8 Å². The van der Waals surface area contributed by atoms with Gasteiger partial charge in [-0.05, 0) is 34.4 Å². The van der Waals surface area contributed by atoms with Crippen LogP contribution in [0.4, 0.5) is 0 Å². The van der Waals surface area contributed by atoms with Gasteiger partial charge in [0.1, 0.15) is 0 Å². The molecule has 1 amide bonds. The maximum Gasteiger partial charge on any atom is 0.251 e. The molecule has 2 aliphatic heterocycles. The van der Waals surface area contributed by atoms with E-state index in [0.717, 1.165) is 24.2 Å². The molecule has 2 aliphatic rings. The summed E-state index contributed by atoms with van der Waals surface area (Å²) in [5.74, 6) is 2.42. The van der Waals surface area contributed by atoms with Gasteiger partial charge in [0.05, 0.1) is 4.58 Å². The second-order valence-electron chi connectivity index (χ2n) is 6.08. The van der Waals surface area contributed by atoms with Crippen molar-refractivity contribution in [2.75, 3.05) is 11.5 Å². The normalized spacial score (nSPS) is 16.3. The average molecular weight is 393 g/mol. The maximum atomic E-state index is 12.4. The van der Waals surface area contributed by atoms with E-state index in [-0.39, 0.29) is 18.3 Å². The van der Waals surface area contributed by atoms with Crippen LogP contribution in [-0.2, 0) is 19.6 Å². The highest BCUT2D eigenvalue weighted by Gasteiger charge is 2.18. The van der Waals surface area contributed by atoms with Gasteiger partial charge in [-0.1, -0.05) is 30.3 Å². The highest BCUT2D eigenvalue weighted by Crippen LogP contribution is 2.45. The highest BCUT2D eigenvalue weighted by atomic mass is 35.5. The predicted molar refractivity (Wildman–Crippen MR) is 110 cm³/mol. The third-order valence-electron chi connectivity index (χ3n) is 4.42. The molecule has 6 heteroatoms. The minimum Gasteiger partial charge on any atom is -0.348 e. The maximum absolute atomic E-state index is 12.4. The molecule has 3 nitrogen and oxygen atoms in total. The van der Waals surface area contributed by atoms with Crippen LogP contribution in [0.2, 0.25) is 0 Å². The Labute approximate surface area is 163 Å². The number of thioether (sulfide) groups is 2. The number of rotatable bonds is 4. The Morgan fingerprint density at radius 3 is 2.52 bits per heavy atom. The Hall–Kier alpha value is -1.14. The van der Waals surface area contributed by atoms with Crippen LogP contribution in [0.1, 0.15) is 37.2 Å². The monoisotopic (exact) mass is 392 g/mol. The van der Waals surface area contributed by atoms with Gasteiger partial charge < -0.3 is 10.6 Å². The zero-order chi connectivity index (χ0) is 16.4. The molecule has 2 heterocycles. The summed E-state index contributed by atoms with van der Waals surface area (Å²) in [6.45, 7) is 2.45. The molecule has 0 radical (unpaired) electrons. The molecule has 0 aliphatic carbocycles. The van der Waals surface area contributed by atoms with E-state index in [1.54, 1.807) is 0 Å². The molecule has 0 spiro atoms. The van der Waals surface area contributed by atoms with E-state index < -0.39 is 0 Å². The first-order valence-electron chi connectivity index (χ1n) is 8.22. The van der Waals surface area contributed by atoms with Gasteiger partial charge in [0, 0.05) is 36.7 Å². The van der Waals surface area contributed by atoms with E-state index in [1.807, 2.05) is 35.7 Å². The third-order valence-corrected chi connectivity index (χ3v) is 7.53. The fraction of sp³-hybridized carbons (Fsp3) is 0.316. The van der Waals surface area contributed by atoms with Crippen molar-refractivity contribution in [2.24, 2.45) is 0 Å². The minimum atomic E-state index is -0.00750. The molecular formula is C19H21ClN2OS2. The van der Waals surface area contributed by atoms with Gasteiger partial charge in [0.2, 0.25) is 0 Å². The summed E-state index contributed by atoms with van der Waals surface area (Å²) in [7, 11) is 0. The van der Waals surface area contributed by atoms with Crippen LogP contribution in [0.25, 0.3) is 0 Å². The van der Waals surface area contributed by atoms with Gasteiger partial charge in [-0.15, -0.1) is 35.9 Å². The molecule has 132 valence electrons. The molecular weight excluding hydrogens is 372 g/mol. The number of halogens is 1. The summed E-state index contributed by atoms with van der Waals surface area (Å²) < 4.78 is 0.530. The number of fused-ring (bicyclic) bond motifs is 1. The molecule has 0 unspecified atom stereocenters. The summed E-state index contributed by atoms with van der Waals surface area (Å²) in [5, 5.41) is 6.37. The molecule has 2 N–H and O–H groups in total. The largest absolute Gasteiger partial charge is 0.348 e. The Morgan fingerprint density at radius 2 is 1.76 bits per heavy atom. The zero-order valence-corrected chi connectivity index (χ0v) is 16.2. The Bertz CT molecular complexity index is 746. The first-order valence-corrected chi connectivity index (χ1v) is 10.3. The Balaban J connectivity index is 0.00000182. The van der Waals surface area contributed by atoms with Gasteiger partial charge in [-0.25, -0.2) is 0 Å². The van der Waals surface area contributed by atoms with Gasteiger partial charge in [0.25, 0.3) is 5.91 Å². The first kappa shape index (κ1) is 18.6. The summed E-state index contributed by atoms with van der Waals surface area (Å²) in [6, 6.07) is 14.5. The molecule has 2 aromatic carbocycles. The summed E-state index contributed by atoms with van der Waals surface area (Å²) in [6.07, 6.45) is 0. The van der Waals surface area contributed by atoms with Crippen LogP contribution in [-0.4, -0.2) is 17.4 Å². The average Bonchev–Trinajstić information content (AvgIpc) is 3.31. The quantitative estimate of drug-likeness (QED) is 0.821. The summed E-state index contributed by atoms with van der Waals surface area (Å²) >= 11 is 3.97. The molecule has 4 rings (SSSR count). The number of amides is 1. The molecule has 0 bridgehead atoms. The fourth-order valence-corrected chi connectivity index (χ4v) is 5.94.